The molecule has 34 heavy (non-hydrogen) atoms. The summed E-state index contributed by atoms with van der Waals surface area (Å²) in [5.74, 6) is -0.0170. The van der Waals surface area contributed by atoms with E-state index < -0.39 is 5.97 Å². The first-order valence-electron chi connectivity index (χ1n) is 11.2. The van der Waals surface area contributed by atoms with Gasteiger partial charge in [0, 0.05) is 12.1 Å². The van der Waals surface area contributed by atoms with Gasteiger partial charge in [-0.15, -0.1) is 0 Å². The zero-order chi connectivity index (χ0) is 24.5. The maximum absolute atomic E-state index is 12.8. The molecule has 7 heteroatoms. The Morgan fingerprint density at radius 2 is 1.65 bits per heavy atom. The van der Waals surface area contributed by atoms with Gasteiger partial charge < -0.3 is 19.9 Å². The van der Waals surface area contributed by atoms with Gasteiger partial charge in [-0.2, -0.15) is 0 Å². The minimum atomic E-state index is -0.986. The molecule has 0 heterocycles. The van der Waals surface area contributed by atoms with E-state index in [1.54, 1.807) is 36.4 Å². The Balaban J connectivity index is 1.82. The van der Waals surface area contributed by atoms with E-state index in [9.17, 15) is 14.7 Å². The SMILES string of the molecule is CCCOc1ccc(C(=O)NCc2cc(-c3cccc(C(=O)O)c3)ccc2OCCC)c(Cl)c1. The number of nitrogens with one attached hydrogen (secondary N) is 1. The van der Waals surface area contributed by atoms with Crippen LogP contribution in [-0.2, 0) is 6.54 Å². The van der Waals surface area contributed by atoms with E-state index in [1.807, 2.05) is 38.1 Å². The van der Waals surface area contributed by atoms with Crippen molar-refractivity contribution < 1.29 is 24.2 Å². The van der Waals surface area contributed by atoms with Gasteiger partial charge >= 0.3 is 5.97 Å². The Kier molecular flexibility index (Phi) is 8.93. The van der Waals surface area contributed by atoms with Crippen molar-refractivity contribution in [1.82, 2.24) is 5.32 Å². The van der Waals surface area contributed by atoms with Crippen molar-refractivity contribution in [3.05, 3.63) is 82.4 Å². The largest absolute Gasteiger partial charge is 0.494 e. The molecular weight excluding hydrogens is 454 g/mol. The summed E-state index contributed by atoms with van der Waals surface area (Å²) >= 11 is 6.32. The molecule has 3 rings (SSSR count). The molecule has 0 saturated carbocycles. The predicted molar refractivity (Wildman–Crippen MR) is 133 cm³/mol. The molecule has 0 aromatic heterocycles. The van der Waals surface area contributed by atoms with Crippen LogP contribution in [0.3, 0.4) is 0 Å². The van der Waals surface area contributed by atoms with E-state index in [2.05, 4.69) is 5.32 Å². The van der Waals surface area contributed by atoms with Crippen molar-refractivity contribution in [1.29, 1.82) is 0 Å². The summed E-state index contributed by atoms with van der Waals surface area (Å²) in [7, 11) is 0. The van der Waals surface area contributed by atoms with Crippen LogP contribution < -0.4 is 14.8 Å². The Bertz CT molecular complexity index is 1160. The number of carbonyl (C=O) groups is 2. The van der Waals surface area contributed by atoms with Crippen molar-refractivity contribution in [3.63, 3.8) is 0 Å². The maximum Gasteiger partial charge on any atom is 0.335 e. The Morgan fingerprint density at radius 1 is 0.912 bits per heavy atom. The number of carboxylic acid groups (broad SMARTS) is 1. The minimum Gasteiger partial charge on any atom is -0.494 e. The first-order chi connectivity index (χ1) is 16.4. The summed E-state index contributed by atoms with van der Waals surface area (Å²) in [5, 5.41) is 12.5. The highest BCUT2D eigenvalue weighted by atomic mass is 35.5. The van der Waals surface area contributed by atoms with Crippen molar-refractivity contribution in [3.8, 4) is 22.6 Å². The number of ether oxygens (including phenoxy) is 2. The van der Waals surface area contributed by atoms with Crippen molar-refractivity contribution in [2.24, 2.45) is 0 Å². The zero-order valence-corrected chi connectivity index (χ0v) is 20.0. The van der Waals surface area contributed by atoms with Gasteiger partial charge in [0.15, 0.2) is 0 Å². The average Bonchev–Trinajstić information content (AvgIpc) is 2.85. The smallest absolute Gasteiger partial charge is 0.335 e. The number of hydrogen-bond donors (Lipinski definition) is 2. The Labute approximate surface area is 204 Å². The van der Waals surface area contributed by atoms with E-state index in [0.29, 0.717) is 35.3 Å². The number of benzene rings is 3. The quantitative estimate of drug-likeness (QED) is 0.340. The van der Waals surface area contributed by atoms with E-state index in [4.69, 9.17) is 21.1 Å². The number of halogens is 1. The van der Waals surface area contributed by atoms with Crippen molar-refractivity contribution in [2.45, 2.75) is 33.2 Å². The van der Waals surface area contributed by atoms with Crippen LogP contribution in [0.15, 0.2) is 60.7 Å². The average molecular weight is 482 g/mol. The summed E-state index contributed by atoms with van der Waals surface area (Å²) in [6, 6.07) is 17.3. The fraction of sp³-hybridized carbons (Fsp3) is 0.259. The van der Waals surface area contributed by atoms with E-state index in [1.165, 1.54) is 0 Å². The number of rotatable bonds is 11. The molecule has 0 aliphatic carbocycles. The second-order valence-corrected chi connectivity index (χ2v) is 8.14. The molecular formula is C27H28ClNO5. The summed E-state index contributed by atoms with van der Waals surface area (Å²) in [6.45, 7) is 5.37. The van der Waals surface area contributed by atoms with Crippen LogP contribution in [0.1, 0.15) is 53.0 Å². The van der Waals surface area contributed by atoms with Crippen molar-refractivity contribution >= 4 is 23.5 Å². The highest BCUT2D eigenvalue weighted by Gasteiger charge is 2.14. The summed E-state index contributed by atoms with van der Waals surface area (Å²) in [4.78, 5) is 24.2. The second-order valence-electron chi connectivity index (χ2n) is 7.73. The predicted octanol–water partition coefficient (Wildman–Crippen LogP) is 6.21. The van der Waals surface area contributed by atoms with Gasteiger partial charge in [0.2, 0.25) is 0 Å². The fourth-order valence-electron chi connectivity index (χ4n) is 3.34. The molecule has 0 bridgehead atoms. The minimum absolute atomic E-state index is 0.208. The van der Waals surface area contributed by atoms with E-state index in [0.717, 1.165) is 29.5 Å². The van der Waals surface area contributed by atoms with E-state index >= 15 is 0 Å². The molecule has 1 amide bonds. The first-order valence-corrected chi connectivity index (χ1v) is 11.6. The molecule has 2 N–H and O–H groups in total. The van der Waals surface area contributed by atoms with Gasteiger partial charge in [-0.05, 0) is 66.4 Å². The third-order valence-electron chi connectivity index (χ3n) is 5.06. The zero-order valence-electron chi connectivity index (χ0n) is 19.3. The lowest BCUT2D eigenvalue weighted by Crippen LogP contribution is -2.23. The van der Waals surface area contributed by atoms with Gasteiger partial charge in [-0.1, -0.05) is 43.6 Å². The van der Waals surface area contributed by atoms with Gasteiger partial charge in [0.25, 0.3) is 5.91 Å². The lowest BCUT2D eigenvalue weighted by Gasteiger charge is -2.15. The van der Waals surface area contributed by atoms with Crippen LogP contribution in [0.2, 0.25) is 5.02 Å². The fourth-order valence-corrected chi connectivity index (χ4v) is 3.60. The molecule has 3 aromatic rings. The number of carboxylic acids is 1. The van der Waals surface area contributed by atoms with Crippen molar-refractivity contribution in [2.75, 3.05) is 13.2 Å². The number of hydrogen-bond acceptors (Lipinski definition) is 4. The molecule has 0 unspecified atom stereocenters. The Morgan fingerprint density at radius 3 is 2.35 bits per heavy atom. The van der Waals surface area contributed by atoms with Gasteiger partial charge in [0.05, 0.1) is 29.4 Å². The molecule has 0 atom stereocenters. The highest BCUT2D eigenvalue weighted by molar-refractivity contribution is 6.34. The number of carbonyl (C=O) groups excluding carboxylic acids is 1. The first kappa shape index (κ1) is 25.1. The van der Waals surface area contributed by atoms with Crippen LogP contribution in [0.25, 0.3) is 11.1 Å². The third kappa shape index (κ3) is 6.51. The molecule has 0 saturated heterocycles. The normalized spacial score (nSPS) is 10.6. The molecule has 3 aromatic carbocycles. The number of aromatic carboxylic acids is 1. The topological polar surface area (TPSA) is 84.9 Å². The van der Waals surface area contributed by atoms with Gasteiger partial charge in [-0.25, -0.2) is 4.79 Å². The number of amides is 1. The highest BCUT2D eigenvalue weighted by Crippen LogP contribution is 2.28. The van der Waals surface area contributed by atoms with Crippen LogP contribution >= 0.6 is 11.6 Å². The Hall–Kier alpha value is -3.51. The third-order valence-corrected chi connectivity index (χ3v) is 5.38. The van der Waals surface area contributed by atoms with Gasteiger partial charge in [-0.3, -0.25) is 4.79 Å². The molecule has 0 aliphatic rings. The summed E-state index contributed by atoms with van der Waals surface area (Å²) in [5.41, 5.74) is 2.93. The van der Waals surface area contributed by atoms with Crippen LogP contribution in [0, 0.1) is 0 Å². The molecule has 0 radical (unpaired) electrons. The lowest BCUT2D eigenvalue weighted by atomic mass is 10.0. The molecule has 178 valence electrons. The van der Waals surface area contributed by atoms with E-state index in [-0.39, 0.29) is 18.0 Å². The summed E-state index contributed by atoms with van der Waals surface area (Å²) < 4.78 is 11.4. The van der Waals surface area contributed by atoms with Gasteiger partial charge in [0.1, 0.15) is 11.5 Å². The lowest BCUT2D eigenvalue weighted by molar-refractivity contribution is 0.0696. The maximum atomic E-state index is 12.8. The molecule has 0 aliphatic heterocycles. The van der Waals surface area contributed by atoms with Crippen LogP contribution in [-0.4, -0.2) is 30.2 Å². The summed E-state index contributed by atoms with van der Waals surface area (Å²) in [6.07, 6.45) is 1.72. The second kappa shape index (κ2) is 12.1. The molecule has 6 nitrogen and oxygen atoms in total. The van der Waals surface area contributed by atoms with Crippen LogP contribution in [0.5, 0.6) is 11.5 Å². The monoisotopic (exact) mass is 481 g/mol. The standard InChI is InChI=1S/C27H28ClNO5/c1-3-12-33-22-9-10-23(24(28)16-22)26(30)29-17-21-15-19(8-11-25(21)34-13-4-2)18-6-5-7-20(14-18)27(31)32/h5-11,14-16H,3-4,12-13,17H2,1-2H3,(H,29,30)(H,31,32). The molecule has 0 spiro atoms. The molecule has 0 fully saturated rings. The van der Waals surface area contributed by atoms with Crippen LogP contribution in [0.4, 0.5) is 0 Å².